The fourth-order valence-corrected chi connectivity index (χ4v) is 2.09. The quantitative estimate of drug-likeness (QED) is 0.866. The Balaban J connectivity index is 2.06. The lowest BCUT2D eigenvalue weighted by Crippen LogP contribution is -2.21. The normalized spacial score (nSPS) is 12.8. The lowest BCUT2D eigenvalue weighted by atomic mass is 10.1. The smallest absolute Gasteiger partial charge is 0.0954 e. The molecule has 0 spiro atoms. The summed E-state index contributed by atoms with van der Waals surface area (Å²) in [6.45, 7) is 8.46. The molecule has 2 aromatic heterocycles. The van der Waals surface area contributed by atoms with E-state index in [2.05, 4.69) is 46.7 Å². The van der Waals surface area contributed by atoms with Crippen molar-refractivity contribution >= 4 is 0 Å². The van der Waals surface area contributed by atoms with Crippen molar-refractivity contribution in [2.45, 2.75) is 33.4 Å². The summed E-state index contributed by atoms with van der Waals surface area (Å²) in [5.41, 5.74) is 2.41. The van der Waals surface area contributed by atoms with Crippen LogP contribution in [0.4, 0.5) is 0 Å². The van der Waals surface area contributed by atoms with Gasteiger partial charge in [-0.3, -0.25) is 4.98 Å². The molecule has 0 aliphatic rings. The summed E-state index contributed by atoms with van der Waals surface area (Å²) < 4.78 is 2.20. The fraction of sp³-hybridized carbons (Fsp3) is 0.467. The number of aromatic nitrogens is 3. The molecule has 1 N–H and O–H groups in total. The SMILES string of the molecule is CC(C)CNCc1cncn1C(C)c1cccnc1. The molecule has 2 aromatic rings. The Hall–Kier alpha value is -1.68. The molecule has 2 heterocycles. The van der Waals surface area contributed by atoms with Gasteiger partial charge in [-0.2, -0.15) is 0 Å². The fourth-order valence-electron chi connectivity index (χ4n) is 2.09. The summed E-state index contributed by atoms with van der Waals surface area (Å²) in [7, 11) is 0. The number of nitrogens with zero attached hydrogens (tertiary/aromatic N) is 3. The summed E-state index contributed by atoms with van der Waals surface area (Å²) >= 11 is 0. The molecule has 0 bridgehead atoms. The van der Waals surface area contributed by atoms with Crippen molar-refractivity contribution in [1.82, 2.24) is 19.9 Å². The van der Waals surface area contributed by atoms with Crippen LogP contribution in [0.2, 0.25) is 0 Å². The average Bonchev–Trinajstić information content (AvgIpc) is 2.87. The molecular weight excluding hydrogens is 236 g/mol. The second-order valence-electron chi connectivity index (χ2n) is 5.28. The van der Waals surface area contributed by atoms with E-state index in [0.717, 1.165) is 13.1 Å². The van der Waals surface area contributed by atoms with Crippen LogP contribution >= 0.6 is 0 Å². The van der Waals surface area contributed by atoms with E-state index < -0.39 is 0 Å². The van der Waals surface area contributed by atoms with Gasteiger partial charge in [0.15, 0.2) is 0 Å². The predicted octanol–water partition coefficient (Wildman–Crippen LogP) is 2.63. The molecule has 0 saturated heterocycles. The van der Waals surface area contributed by atoms with Crippen molar-refractivity contribution < 1.29 is 0 Å². The van der Waals surface area contributed by atoms with Crippen LogP contribution in [0.1, 0.15) is 38.1 Å². The van der Waals surface area contributed by atoms with Gasteiger partial charge in [-0.15, -0.1) is 0 Å². The number of hydrogen-bond donors (Lipinski definition) is 1. The minimum absolute atomic E-state index is 0.257. The molecule has 0 amide bonds. The first-order chi connectivity index (χ1) is 9.18. The van der Waals surface area contributed by atoms with E-state index >= 15 is 0 Å². The highest BCUT2D eigenvalue weighted by Crippen LogP contribution is 2.18. The monoisotopic (exact) mass is 258 g/mol. The number of pyridine rings is 1. The topological polar surface area (TPSA) is 42.7 Å². The van der Waals surface area contributed by atoms with Gasteiger partial charge in [-0.25, -0.2) is 4.98 Å². The molecule has 0 radical (unpaired) electrons. The minimum Gasteiger partial charge on any atom is -0.326 e. The Morgan fingerprint density at radius 1 is 1.21 bits per heavy atom. The standard InChI is InChI=1S/C15H22N4/c1-12(2)7-17-9-15-10-18-11-19(15)13(3)14-5-4-6-16-8-14/h4-6,8,10-13,17H,7,9H2,1-3H3. The van der Waals surface area contributed by atoms with E-state index in [1.807, 2.05) is 24.8 Å². The van der Waals surface area contributed by atoms with Crippen LogP contribution in [0.5, 0.6) is 0 Å². The van der Waals surface area contributed by atoms with Gasteiger partial charge in [-0.05, 0) is 31.0 Å². The molecule has 4 nitrogen and oxygen atoms in total. The van der Waals surface area contributed by atoms with Crippen molar-refractivity contribution in [2.24, 2.45) is 5.92 Å². The zero-order chi connectivity index (χ0) is 13.7. The summed E-state index contributed by atoms with van der Waals surface area (Å²) in [6.07, 6.45) is 7.54. The van der Waals surface area contributed by atoms with E-state index in [9.17, 15) is 0 Å². The van der Waals surface area contributed by atoms with Crippen LogP contribution in [0, 0.1) is 5.92 Å². The van der Waals surface area contributed by atoms with Crippen LogP contribution in [-0.4, -0.2) is 21.1 Å². The summed E-state index contributed by atoms with van der Waals surface area (Å²) in [4.78, 5) is 8.45. The molecule has 19 heavy (non-hydrogen) atoms. The van der Waals surface area contributed by atoms with Gasteiger partial charge in [0, 0.05) is 25.1 Å². The Morgan fingerprint density at radius 2 is 2.05 bits per heavy atom. The van der Waals surface area contributed by atoms with Gasteiger partial charge in [-0.1, -0.05) is 19.9 Å². The molecule has 1 atom stereocenters. The Kier molecular flexibility index (Phi) is 4.68. The molecule has 0 aliphatic carbocycles. The Morgan fingerprint density at radius 3 is 2.74 bits per heavy atom. The number of hydrogen-bond acceptors (Lipinski definition) is 3. The third-order valence-corrected chi connectivity index (χ3v) is 3.19. The largest absolute Gasteiger partial charge is 0.326 e. The predicted molar refractivity (Wildman–Crippen MR) is 76.8 cm³/mol. The first-order valence-corrected chi connectivity index (χ1v) is 6.80. The third kappa shape index (κ3) is 3.64. The lowest BCUT2D eigenvalue weighted by Gasteiger charge is -2.17. The first kappa shape index (κ1) is 13.7. The first-order valence-electron chi connectivity index (χ1n) is 6.80. The van der Waals surface area contributed by atoms with E-state index in [1.165, 1.54) is 11.3 Å². The summed E-state index contributed by atoms with van der Waals surface area (Å²) in [5, 5.41) is 3.46. The van der Waals surface area contributed by atoms with E-state index in [1.54, 1.807) is 6.20 Å². The molecule has 0 aliphatic heterocycles. The van der Waals surface area contributed by atoms with Crippen molar-refractivity contribution in [2.75, 3.05) is 6.54 Å². The van der Waals surface area contributed by atoms with Crippen molar-refractivity contribution in [1.29, 1.82) is 0 Å². The van der Waals surface area contributed by atoms with Gasteiger partial charge in [0.05, 0.1) is 18.1 Å². The molecular formula is C15H22N4. The van der Waals surface area contributed by atoms with Gasteiger partial charge in [0.1, 0.15) is 0 Å². The molecule has 0 aromatic carbocycles. The van der Waals surface area contributed by atoms with Gasteiger partial charge >= 0.3 is 0 Å². The van der Waals surface area contributed by atoms with Gasteiger partial charge in [0.2, 0.25) is 0 Å². The highest BCUT2D eigenvalue weighted by molar-refractivity contribution is 5.16. The molecule has 4 heteroatoms. The lowest BCUT2D eigenvalue weighted by molar-refractivity contribution is 0.525. The maximum atomic E-state index is 4.27. The van der Waals surface area contributed by atoms with Crippen LogP contribution < -0.4 is 5.32 Å². The zero-order valence-electron chi connectivity index (χ0n) is 11.9. The number of rotatable bonds is 6. The van der Waals surface area contributed by atoms with Gasteiger partial charge in [0.25, 0.3) is 0 Å². The average molecular weight is 258 g/mol. The Labute approximate surface area is 114 Å². The van der Waals surface area contributed by atoms with Crippen molar-refractivity contribution in [3.05, 3.63) is 48.3 Å². The number of nitrogens with one attached hydrogen (secondary N) is 1. The second-order valence-corrected chi connectivity index (χ2v) is 5.28. The van der Waals surface area contributed by atoms with Crippen LogP contribution in [0.25, 0.3) is 0 Å². The summed E-state index contributed by atoms with van der Waals surface area (Å²) in [5.74, 6) is 0.659. The highest BCUT2D eigenvalue weighted by Gasteiger charge is 2.11. The van der Waals surface area contributed by atoms with Crippen LogP contribution in [-0.2, 0) is 6.54 Å². The molecule has 0 fully saturated rings. The van der Waals surface area contributed by atoms with E-state index in [0.29, 0.717) is 5.92 Å². The maximum Gasteiger partial charge on any atom is 0.0954 e. The molecule has 0 saturated carbocycles. The minimum atomic E-state index is 0.257. The summed E-state index contributed by atoms with van der Waals surface area (Å²) in [6, 6.07) is 4.33. The molecule has 102 valence electrons. The molecule has 1 unspecified atom stereocenters. The van der Waals surface area contributed by atoms with Crippen LogP contribution in [0.3, 0.4) is 0 Å². The van der Waals surface area contributed by atoms with Gasteiger partial charge < -0.3 is 9.88 Å². The van der Waals surface area contributed by atoms with Crippen LogP contribution in [0.15, 0.2) is 37.1 Å². The number of imidazole rings is 1. The van der Waals surface area contributed by atoms with Crippen molar-refractivity contribution in [3.63, 3.8) is 0 Å². The molecule has 2 rings (SSSR count). The van der Waals surface area contributed by atoms with Crippen molar-refractivity contribution in [3.8, 4) is 0 Å². The van der Waals surface area contributed by atoms with E-state index in [-0.39, 0.29) is 6.04 Å². The van der Waals surface area contributed by atoms with E-state index in [4.69, 9.17) is 0 Å². The highest BCUT2D eigenvalue weighted by atomic mass is 15.1. The maximum absolute atomic E-state index is 4.27. The second kappa shape index (κ2) is 6.48. The Bertz CT molecular complexity index is 490. The zero-order valence-corrected chi connectivity index (χ0v) is 11.9. The third-order valence-electron chi connectivity index (χ3n) is 3.19.